The molecule has 8 heteroatoms. The van der Waals surface area contributed by atoms with E-state index in [1.165, 1.54) is 17.2 Å². The number of para-hydroxylation sites is 2. The number of aromatic amines is 1. The van der Waals surface area contributed by atoms with E-state index in [-0.39, 0.29) is 11.7 Å². The number of fused-ring (bicyclic) bond motifs is 1. The summed E-state index contributed by atoms with van der Waals surface area (Å²) in [6.45, 7) is 10.9. The van der Waals surface area contributed by atoms with Gasteiger partial charge in [0.25, 0.3) is 0 Å². The minimum Gasteiger partial charge on any atom is -0.495 e. The molecular weight excluding hydrogens is 493 g/mol. The van der Waals surface area contributed by atoms with Crippen molar-refractivity contribution in [2.45, 2.75) is 19.8 Å². The SMILES string of the molecule is COc1ccccc1N1CCN(CCN(CCCN2CC=C(c3c[nH]c4cc(F)ccc34)CC2)C(C)=O)CC1. The number of ether oxygens (including phenoxy) is 1. The van der Waals surface area contributed by atoms with Gasteiger partial charge < -0.3 is 19.5 Å². The van der Waals surface area contributed by atoms with Crippen molar-refractivity contribution in [2.75, 3.05) is 77.5 Å². The average molecular weight is 534 g/mol. The number of nitrogens with zero attached hydrogens (tertiary/aromatic N) is 4. The normalized spacial score (nSPS) is 16.9. The predicted octanol–water partition coefficient (Wildman–Crippen LogP) is 4.47. The second kappa shape index (κ2) is 12.7. The van der Waals surface area contributed by atoms with Crippen LogP contribution in [0, 0.1) is 5.82 Å². The molecule has 1 aromatic heterocycles. The first-order valence-electron chi connectivity index (χ1n) is 14.1. The molecule has 2 aliphatic heterocycles. The highest BCUT2D eigenvalue weighted by Gasteiger charge is 2.21. The summed E-state index contributed by atoms with van der Waals surface area (Å²) in [6.07, 6.45) is 6.23. The highest BCUT2D eigenvalue weighted by Crippen LogP contribution is 2.30. The zero-order valence-corrected chi connectivity index (χ0v) is 23.2. The molecule has 0 atom stereocenters. The first-order chi connectivity index (χ1) is 19.0. The summed E-state index contributed by atoms with van der Waals surface area (Å²) >= 11 is 0. The number of amides is 1. The molecule has 1 N–H and O–H groups in total. The summed E-state index contributed by atoms with van der Waals surface area (Å²) < 4.78 is 19.1. The van der Waals surface area contributed by atoms with Gasteiger partial charge in [0, 0.05) is 95.0 Å². The Morgan fingerprint density at radius 2 is 1.85 bits per heavy atom. The van der Waals surface area contributed by atoms with Gasteiger partial charge in [-0.15, -0.1) is 0 Å². The van der Waals surface area contributed by atoms with Gasteiger partial charge in [-0.25, -0.2) is 4.39 Å². The Morgan fingerprint density at radius 1 is 1.03 bits per heavy atom. The fourth-order valence-electron chi connectivity index (χ4n) is 5.80. The van der Waals surface area contributed by atoms with E-state index >= 15 is 0 Å². The van der Waals surface area contributed by atoms with Gasteiger partial charge in [0.2, 0.25) is 5.91 Å². The number of hydrogen-bond donors (Lipinski definition) is 1. The maximum absolute atomic E-state index is 13.5. The third-order valence-corrected chi connectivity index (χ3v) is 8.11. The van der Waals surface area contributed by atoms with Crippen molar-refractivity contribution in [1.82, 2.24) is 19.7 Å². The van der Waals surface area contributed by atoms with Gasteiger partial charge in [-0.3, -0.25) is 14.6 Å². The number of carbonyl (C=O) groups is 1. The largest absolute Gasteiger partial charge is 0.495 e. The van der Waals surface area contributed by atoms with Crippen molar-refractivity contribution in [3.05, 3.63) is 66.1 Å². The summed E-state index contributed by atoms with van der Waals surface area (Å²) in [5, 5.41) is 1.08. The van der Waals surface area contributed by atoms with Crippen molar-refractivity contribution in [2.24, 2.45) is 0 Å². The van der Waals surface area contributed by atoms with E-state index in [1.54, 1.807) is 20.1 Å². The van der Waals surface area contributed by atoms with Crippen molar-refractivity contribution < 1.29 is 13.9 Å². The van der Waals surface area contributed by atoms with Gasteiger partial charge in [0.05, 0.1) is 12.8 Å². The summed E-state index contributed by atoms with van der Waals surface area (Å²) in [6, 6.07) is 13.1. The summed E-state index contributed by atoms with van der Waals surface area (Å²) in [5.41, 5.74) is 4.49. The Kier molecular flexibility index (Phi) is 8.84. The van der Waals surface area contributed by atoms with Crippen molar-refractivity contribution in [3.8, 4) is 5.75 Å². The van der Waals surface area contributed by atoms with Gasteiger partial charge >= 0.3 is 0 Å². The van der Waals surface area contributed by atoms with Crippen LogP contribution in [0.2, 0.25) is 0 Å². The standard InChI is InChI=1S/C31H40FN5O2/c1-24(38)36(19-16-35-17-20-37(21-18-35)30-6-3-4-7-31(30)39-2)13-5-12-34-14-10-25(11-15-34)28-23-33-29-22-26(32)8-9-27(28)29/h3-4,6-10,22-23,33H,5,11-21H2,1-2H3. The topological polar surface area (TPSA) is 55.1 Å². The van der Waals surface area contributed by atoms with Crippen molar-refractivity contribution in [3.63, 3.8) is 0 Å². The van der Waals surface area contributed by atoms with Crippen LogP contribution in [0.5, 0.6) is 5.75 Å². The number of H-pyrrole nitrogens is 1. The highest BCUT2D eigenvalue weighted by atomic mass is 19.1. The number of rotatable bonds is 10. The van der Waals surface area contributed by atoms with Crippen LogP contribution in [-0.2, 0) is 4.79 Å². The molecular formula is C31H40FN5O2. The van der Waals surface area contributed by atoms with E-state index in [1.807, 2.05) is 29.3 Å². The zero-order chi connectivity index (χ0) is 27.2. The quantitative estimate of drug-likeness (QED) is 0.417. The lowest BCUT2D eigenvalue weighted by molar-refractivity contribution is -0.129. The van der Waals surface area contributed by atoms with Crippen LogP contribution in [-0.4, -0.2) is 98.1 Å². The Labute approximate surface area is 230 Å². The molecule has 2 aromatic carbocycles. The van der Waals surface area contributed by atoms with Gasteiger partial charge in [-0.2, -0.15) is 0 Å². The van der Waals surface area contributed by atoms with E-state index in [2.05, 4.69) is 37.9 Å². The van der Waals surface area contributed by atoms with Crippen molar-refractivity contribution >= 4 is 28.1 Å². The third kappa shape index (κ3) is 6.62. The summed E-state index contributed by atoms with van der Waals surface area (Å²) in [4.78, 5) is 24.8. The van der Waals surface area contributed by atoms with Gasteiger partial charge in [-0.1, -0.05) is 18.2 Å². The average Bonchev–Trinajstić information content (AvgIpc) is 3.38. The third-order valence-electron chi connectivity index (χ3n) is 8.11. The molecule has 1 fully saturated rings. The number of aromatic nitrogens is 1. The molecule has 5 rings (SSSR count). The van der Waals surface area contributed by atoms with Gasteiger partial charge in [0.1, 0.15) is 11.6 Å². The molecule has 3 heterocycles. The molecule has 7 nitrogen and oxygen atoms in total. The number of piperazine rings is 1. The maximum atomic E-state index is 13.5. The van der Waals surface area contributed by atoms with Crippen molar-refractivity contribution in [1.29, 1.82) is 0 Å². The molecule has 0 spiro atoms. The fourth-order valence-corrected chi connectivity index (χ4v) is 5.80. The lowest BCUT2D eigenvalue weighted by Gasteiger charge is -2.37. The minimum atomic E-state index is -0.217. The van der Waals surface area contributed by atoms with Crippen LogP contribution in [0.3, 0.4) is 0 Å². The van der Waals surface area contributed by atoms with Crippen LogP contribution < -0.4 is 9.64 Å². The number of methoxy groups -OCH3 is 1. The molecule has 2 aliphatic rings. The Hall–Kier alpha value is -3.36. The molecule has 1 amide bonds. The lowest BCUT2D eigenvalue weighted by Crippen LogP contribution is -2.49. The second-order valence-electron chi connectivity index (χ2n) is 10.5. The first-order valence-corrected chi connectivity index (χ1v) is 14.1. The number of hydrogen-bond acceptors (Lipinski definition) is 5. The van der Waals surface area contributed by atoms with Gasteiger partial charge in [-0.05, 0) is 48.7 Å². The molecule has 208 valence electrons. The van der Waals surface area contributed by atoms with Gasteiger partial charge in [0.15, 0.2) is 0 Å². The van der Waals surface area contributed by atoms with E-state index < -0.39 is 0 Å². The number of nitrogens with one attached hydrogen (secondary N) is 1. The first kappa shape index (κ1) is 27.2. The Morgan fingerprint density at radius 3 is 2.59 bits per heavy atom. The highest BCUT2D eigenvalue weighted by molar-refractivity contribution is 5.92. The maximum Gasteiger partial charge on any atom is 0.219 e. The Balaban J connectivity index is 1.04. The number of anilines is 1. The monoisotopic (exact) mass is 533 g/mol. The van der Waals surface area contributed by atoms with Crippen LogP contribution in [0.25, 0.3) is 16.5 Å². The zero-order valence-electron chi connectivity index (χ0n) is 23.2. The molecule has 1 saturated heterocycles. The lowest BCUT2D eigenvalue weighted by atomic mass is 9.99. The van der Waals surface area contributed by atoms with Crippen LogP contribution >= 0.6 is 0 Å². The van der Waals surface area contributed by atoms with Crippen LogP contribution in [0.1, 0.15) is 25.3 Å². The molecule has 0 unspecified atom stereocenters. The number of carbonyl (C=O) groups excluding carboxylic acids is 1. The van der Waals surface area contributed by atoms with E-state index in [0.29, 0.717) is 0 Å². The summed E-state index contributed by atoms with van der Waals surface area (Å²) in [7, 11) is 1.72. The molecule has 0 radical (unpaired) electrons. The van der Waals surface area contributed by atoms with E-state index in [9.17, 15) is 9.18 Å². The number of halogens is 1. The molecule has 0 saturated carbocycles. The smallest absolute Gasteiger partial charge is 0.219 e. The van der Waals surface area contributed by atoms with E-state index in [0.717, 1.165) is 101 Å². The minimum absolute atomic E-state index is 0.152. The van der Waals surface area contributed by atoms with Crippen LogP contribution in [0.4, 0.5) is 10.1 Å². The predicted molar refractivity (Wildman–Crippen MR) is 156 cm³/mol. The number of benzene rings is 2. The Bertz CT molecular complexity index is 1300. The molecule has 3 aromatic rings. The molecule has 0 aliphatic carbocycles. The fraction of sp³-hybridized carbons (Fsp3) is 0.452. The molecule has 39 heavy (non-hydrogen) atoms. The van der Waals surface area contributed by atoms with Crippen LogP contribution in [0.15, 0.2) is 54.7 Å². The van der Waals surface area contributed by atoms with E-state index in [4.69, 9.17) is 4.74 Å². The molecule has 0 bridgehead atoms. The second-order valence-corrected chi connectivity index (χ2v) is 10.5. The summed E-state index contributed by atoms with van der Waals surface area (Å²) in [5.74, 6) is 0.856.